The Labute approximate surface area is 93.9 Å². The fourth-order valence-electron chi connectivity index (χ4n) is 1.71. The second-order valence-corrected chi connectivity index (χ2v) is 3.43. The van der Waals surface area contributed by atoms with Crippen molar-refractivity contribution in [3.63, 3.8) is 0 Å². The summed E-state index contributed by atoms with van der Waals surface area (Å²) in [4.78, 5) is 16.0. The quantitative estimate of drug-likeness (QED) is 0.741. The number of fused-ring (bicyclic) bond motifs is 1. The van der Waals surface area contributed by atoms with Crippen molar-refractivity contribution in [2.24, 2.45) is 0 Å². The first kappa shape index (κ1) is 10.7. The van der Waals surface area contributed by atoms with Crippen molar-refractivity contribution in [1.29, 1.82) is 0 Å². The molecule has 4 nitrogen and oxygen atoms in total. The standard InChI is InChI=1S/C12H14N2O2/c1-3-9-8-13-11-7-5-6-10(14(9)11)12(15)16-4-2/h5-8H,3-4H2,1-2H3. The topological polar surface area (TPSA) is 43.6 Å². The SMILES string of the molecule is CCOC(=O)c1cccc2ncc(CC)n12. The molecule has 0 aliphatic carbocycles. The molecule has 2 aromatic rings. The zero-order valence-corrected chi connectivity index (χ0v) is 9.43. The monoisotopic (exact) mass is 218 g/mol. The molecule has 0 spiro atoms. The van der Waals surface area contributed by atoms with Crippen LogP contribution in [0.4, 0.5) is 0 Å². The Bertz CT molecular complexity index is 517. The van der Waals surface area contributed by atoms with Crippen LogP contribution in [0.5, 0.6) is 0 Å². The molecule has 84 valence electrons. The van der Waals surface area contributed by atoms with E-state index in [9.17, 15) is 4.79 Å². The van der Waals surface area contributed by atoms with Crippen LogP contribution in [0.15, 0.2) is 24.4 Å². The van der Waals surface area contributed by atoms with Gasteiger partial charge in [0.25, 0.3) is 0 Å². The lowest BCUT2D eigenvalue weighted by Crippen LogP contribution is -2.11. The van der Waals surface area contributed by atoms with Crippen LogP contribution in [0.1, 0.15) is 30.0 Å². The van der Waals surface area contributed by atoms with Crippen LogP contribution in [0.25, 0.3) is 5.65 Å². The van der Waals surface area contributed by atoms with Gasteiger partial charge in [0.15, 0.2) is 0 Å². The molecular weight excluding hydrogens is 204 g/mol. The molecule has 0 aliphatic rings. The summed E-state index contributed by atoms with van der Waals surface area (Å²) in [7, 11) is 0. The summed E-state index contributed by atoms with van der Waals surface area (Å²) in [5.41, 5.74) is 2.33. The molecule has 0 saturated carbocycles. The van der Waals surface area contributed by atoms with Gasteiger partial charge in [-0.3, -0.25) is 4.40 Å². The number of hydrogen-bond donors (Lipinski definition) is 0. The Morgan fingerprint density at radius 2 is 2.25 bits per heavy atom. The van der Waals surface area contributed by atoms with E-state index in [1.807, 2.05) is 23.5 Å². The van der Waals surface area contributed by atoms with Crippen molar-refractivity contribution in [1.82, 2.24) is 9.38 Å². The normalized spacial score (nSPS) is 10.6. The number of aromatic nitrogens is 2. The molecule has 0 atom stereocenters. The minimum atomic E-state index is -0.305. The first-order valence-electron chi connectivity index (χ1n) is 5.40. The van der Waals surface area contributed by atoms with Crippen molar-refractivity contribution in [2.45, 2.75) is 20.3 Å². The van der Waals surface area contributed by atoms with E-state index in [1.54, 1.807) is 19.2 Å². The fraction of sp³-hybridized carbons (Fsp3) is 0.333. The Morgan fingerprint density at radius 1 is 1.44 bits per heavy atom. The van der Waals surface area contributed by atoms with Gasteiger partial charge < -0.3 is 4.74 Å². The van der Waals surface area contributed by atoms with Crippen LogP contribution in [0.2, 0.25) is 0 Å². The van der Waals surface area contributed by atoms with Gasteiger partial charge in [-0.15, -0.1) is 0 Å². The third kappa shape index (κ3) is 1.66. The number of imidazole rings is 1. The molecule has 0 fully saturated rings. The van der Waals surface area contributed by atoms with E-state index < -0.39 is 0 Å². The first-order valence-corrected chi connectivity index (χ1v) is 5.40. The number of hydrogen-bond acceptors (Lipinski definition) is 3. The number of pyridine rings is 1. The Morgan fingerprint density at radius 3 is 2.94 bits per heavy atom. The summed E-state index contributed by atoms with van der Waals surface area (Å²) in [6.45, 7) is 4.21. The molecule has 16 heavy (non-hydrogen) atoms. The first-order chi connectivity index (χ1) is 7.77. The van der Waals surface area contributed by atoms with E-state index >= 15 is 0 Å². The molecule has 0 N–H and O–H groups in total. The van der Waals surface area contributed by atoms with Crippen molar-refractivity contribution >= 4 is 11.6 Å². The molecule has 0 unspecified atom stereocenters. The third-order valence-corrected chi connectivity index (χ3v) is 2.45. The highest BCUT2D eigenvalue weighted by atomic mass is 16.5. The largest absolute Gasteiger partial charge is 0.461 e. The zero-order valence-electron chi connectivity index (χ0n) is 9.43. The predicted molar refractivity (Wildman–Crippen MR) is 60.5 cm³/mol. The van der Waals surface area contributed by atoms with E-state index in [0.717, 1.165) is 17.8 Å². The van der Waals surface area contributed by atoms with Gasteiger partial charge in [-0.05, 0) is 25.5 Å². The summed E-state index contributed by atoms with van der Waals surface area (Å²) >= 11 is 0. The maximum absolute atomic E-state index is 11.8. The van der Waals surface area contributed by atoms with Crippen molar-refractivity contribution in [2.75, 3.05) is 6.61 Å². The maximum Gasteiger partial charge on any atom is 0.355 e. The molecular formula is C12H14N2O2. The summed E-state index contributed by atoms with van der Waals surface area (Å²) in [5.74, 6) is -0.305. The van der Waals surface area contributed by atoms with Gasteiger partial charge in [0.05, 0.1) is 6.61 Å². The number of aryl methyl sites for hydroxylation is 1. The molecule has 0 radical (unpaired) electrons. The van der Waals surface area contributed by atoms with Crippen molar-refractivity contribution < 1.29 is 9.53 Å². The van der Waals surface area contributed by atoms with Crippen LogP contribution in [-0.2, 0) is 11.2 Å². The molecule has 0 saturated heterocycles. The number of esters is 1. The molecule has 2 heterocycles. The highest BCUT2D eigenvalue weighted by molar-refractivity contribution is 5.88. The van der Waals surface area contributed by atoms with Crippen molar-refractivity contribution in [3.8, 4) is 0 Å². The van der Waals surface area contributed by atoms with Crippen molar-refractivity contribution in [3.05, 3.63) is 35.8 Å². The van der Waals surface area contributed by atoms with E-state index in [2.05, 4.69) is 4.98 Å². The molecule has 0 amide bonds. The van der Waals surface area contributed by atoms with Crippen LogP contribution >= 0.6 is 0 Å². The molecule has 4 heteroatoms. The number of carbonyl (C=O) groups excluding carboxylic acids is 1. The van der Waals surface area contributed by atoms with E-state index in [1.165, 1.54) is 0 Å². The predicted octanol–water partition coefficient (Wildman–Crippen LogP) is 2.07. The average Bonchev–Trinajstić information content (AvgIpc) is 2.72. The summed E-state index contributed by atoms with van der Waals surface area (Å²) in [6, 6.07) is 5.45. The van der Waals surface area contributed by atoms with E-state index in [-0.39, 0.29) is 5.97 Å². The molecule has 2 rings (SSSR count). The lowest BCUT2D eigenvalue weighted by molar-refractivity contribution is 0.0517. The van der Waals surface area contributed by atoms with Gasteiger partial charge in [0.1, 0.15) is 11.3 Å². The Balaban J connectivity index is 2.59. The summed E-state index contributed by atoms with van der Waals surface area (Å²) in [6.07, 6.45) is 2.62. The second kappa shape index (κ2) is 4.35. The van der Waals surface area contributed by atoms with Gasteiger partial charge in [-0.2, -0.15) is 0 Å². The van der Waals surface area contributed by atoms with E-state index in [4.69, 9.17) is 4.74 Å². The lowest BCUT2D eigenvalue weighted by atomic mass is 10.3. The number of nitrogens with zero attached hydrogens (tertiary/aromatic N) is 2. The van der Waals surface area contributed by atoms with Gasteiger partial charge >= 0.3 is 5.97 Å². The summed E-state index contributed by atoms with van der Waals surface area (Å²) < 4.78 is 6.86. The maximum atomic E-state index is 11.8. The smallest absolute Gasteiger partial charge is 0.355 e. The number of rotatable bonds is 3. The number of ether oxygens (including phenoxy) is 1. The molecule has 2 aromatic heterocycles. The third-order valence-electron chi connectivity index (χ3n) is 2.45. The summed E-state index contributed by atoms with van der Waals surface area (Å²) in [5, 5.41) is 0. The van der Waals surface area contributed by atoms with Gasteiger partial charge in [-0.25, -0.2) is 9.78 Å². The molecule has 0 bridgehead atoms. The molecule has 0 aromatic carbocycles. The Hall–Kier alpha value is -1.84. The minimum absolute atomic E-state index is 0.305. The van der Waals surface area contributed by atoms with E-state index in [0.29, 0.717) is 12.3 Å². The van der Waals surface area contributed by atoms with Crippen LogP contribution in [0.3, 0.4) is 0 Å². The van der Waals surface area contributed by atoms with Crippen LogP contribution in [0, 0.1) is 0 Å². The van der Waals surface area contributed by atoms with Gasteiger partial charge in [-0.1, -0.05) is 13.0 Å². The Kier molecular flexibility index (Phi) is 2.90. The van der Waals surface area contributed by atoms with Crippen LogP contribution < -0.4 is 0 Å². The number of carbonyl (C=O) groups is 1. The lowest BCUT2D eigenvalue weighted by Gasteiger charge is -2.06. The van der Waals surface area contributed by atoms with Gasteiger partial charge in [0.2, 0.25) is 0 Å². The second-order valence-electron chi connectivity index (χ2n) is 3.43. The van der Waals surface area contributed by atoms with Crippen LogP contribution in [-0.4, -0.2) is 22.0 Å². The average molecular weight is 218 g/mol. The highest BCUT2D eigenvalue weighted by Crippen LogP contribution is 2.12. The zero-order chi connectivity index (χ0) is 11.5. The van der Waals surface area contributed by atoms with Gasteiger partial charge in [0, 0.05) is 11.9 Å². The fourth-order valence-corrected chi connectivity index (χ4v) is 1.71. The molecule has 0 aliphatic heterocycles. The minimum Gasteiger partial charge on any atom is -0.461 e. The highest BCUT2D eigenvalue weighted by Gasteiger charge is 2.13.